The third-order valence-electron chi connectivity index (χ3n) is 8.29. The van der Waals surface area contributed by atoms with E-state index in [0.29, 0.717) is 26.9 Å². The lowest BCUT2D eigenvalue weighted by molar-refractivity contribution is -0.137. The molecule has 3 heterocycles. The van der Waals surface area contributed by atoms with Crippen LogP contribution in [-0.4, -0.2) is 34.6 Å². The van der Waals surface area contributed by atoms with Gasteiger partial charge in [-0.15, -0.1) is 0 Å². The van der Waals surface area contributed by atoms with E-state index in [1.165, 1.54) is 17.7 Å². The molecule has 0 radical (unpaired) electrons. The van der Waals surface area contributed by atoms with Gasteiger partial charge in [0, 0.05) is 16.5 Å². The molecule has 5 aromatic rings. The van der Waals surface area contributed by atoms with Crippen molar-refractivity contribution in [3.05, 3.63) is 117 Å². The van der Waals surface area contributed by atoms with Crippen LogP contribution >= 0.6 is 23.1 Å². The van der Waals surface area contributed by atoms with Gasteiger partial charge in [-0.2, -0.15) is 13.2 Å². The Balaban J connectivity index is 1.26. The summed E-state index contributed by atoms with van der Waals surface area (Å²) in [6.07, 6.45) is -4.68. The monoisotopic (exact) mass is 675 g/mol. The van der Waals surface area contributed by atoms with Gasteiger partial charge in [-0.05, 0) is 58.8 Å². The number of nitrogens with one attached hydrogen (secondary N) is 1. The molecule has 13 heteroatoms. The maximum Gasteiger partial charge on any atom is 0.416 e. The number of fused-ring (bicyclic) bond motifs is 3. The summed E-state index contributed by atoms with van der Waals surface area (Å²) in [5, 5.41) is 4.06. The molecule has 4 aromatic carbocycles. The Kier molecular flexibility index (Phi) is 7.68. The minimum atomic E-state index is -4.68. The Morgan fingerprint density at radius 3 is 2.36 bits per heavy atom. The number of halogens is 3. The lowest BCUT2D eigenvalue weighted by atomic mass is 9.83. The van der Waals surface area contributed by atoms with E-state index in [1.54, 1.807) is 30.3 Å². The maximum atomic E-state index is 14.0. The fourth-order valence-electron chi connectivity index (χ4n) is 6.11. The zero-order valence-electron chi connectivity index (χ0n) is 24.5. The second-order valence-corrected chi connectivity index (χ2v) is 13.2. The minimum absolute atomic E-state index is 0.186. The van der Waals surface area contributed by atoms with Gasteiger partial charge in [0.1, 0.15) is 17.5 Å². The molecule has 1 N–H and O–H groups in total. The van der Waals surface area contributed by atoms with Crippen LogP contribution in [0.4, 0.5) is 24.5 Å². The number of anilines is 2. The molecule has 0 spiro atoms. The zero-order chi connectivity index (χ0) is 33.0. The van der Waals surface area contributed by atoms with Crippen molar-refractivity contribution in [2.24, 2.45) is 5.92 Å². The van der Waals surface area contributed by atoms with E-state index in [-0.39, 0.29) is 12.2 Å². The van der Waals surface area contributed by atoms with Crippen molar-refractivity contribution >= 4 is 63.0 Å². The van der Waals surface area contributed by atoms with Gasteiger partial charge in [0.2, 0.25) is 17.7 Å². The number of imide groups is 1. The predicted molar refractivity (Wildman–Crippen MR) is 173 cm³/mol. The molecular formula is C34H24F3N3O5S2. The Labute approximate surface area is 273 Å². The Bertz CT molecular complexity index is 2130. The summed E-state index contributed by atoms with van der Waals surface area (Å²) in [4.78, 5) is 55.5. The average Bonchev–Trinajstić information content (AvgIpc) is 3.50. The van der Waals surface area contributed by atoms with E-state index in [1.807, 2.05) is 36.4 Å². The average molecular weight is 676 g/mol. The molecule has 238 valence electrons. The number of aromatic nitrogens is 1. The minimum Gasteiger partial charge on any atom is -0.497 e. The lowest BCUT2D eigenvalue weighted by Gasteiger charge is -2.30. The molecule has 3 atom stereocenters. The number of ether oxygens (including phenoxy) is 1. The normalized spacial score (nSPS) is 19.1. The standard InChI is InChI=1S/C34H24F3N3O5S2/c1-45-24-13-10-19(11-14-24)26-27-28(31(43)40(30(27)42)23-8-4-7-21(16-23)34(35,36)37)46-32-29(26)47-33(44)39(32)17-25(41)38-22-12-9-18-5-2-3-6-20(18)15-22/h2-16,26-28H,17H2,1H3,(H,38,41)/t26-,27?,28?/m1/s1. The summed E-state index contributed by atoms with van der Waals surface area (Å²) < 4.78 is 47.2. The number of hydrogen-bond donors (Lipinski definition) is 1. The van der Waals surface area contributed by atoms with Crippen molar-refractivity contribution in [3.8, 4) is 5.75 Å². The highest BCUT2D eigenvalue weighted by atomic mass is 32.2. The first-order chi connectivity index (χ1) is 22.5. The molecule has 2 aliphatic heterocycles. The molecule has 47 heavy (non-hydrogen) atoms. The van der Waals surface area contributed by atoms with Crippen molar-refractivity contribution in [2.75, 3.05) is 17.3 Å². The first kappa shape index (κ1) is 30.8. The Hall–Kier alpha value is -4.88. The molecule has 0 aliphatic carbocycles. The second-order valence-electron chi connectivity index (χ2n) is 11.1. The van der Waals surface area contributed by atoms with Crippen molar-refractivity contribution in [1.82, 2.24) is 4.57 Å². The zero-order valence-corrected chi connectivity index (χ0v) is 26.1. The number of carbonyl (C=O) groups excluding carboxylic acids is 3. The number of hydrogen-bond acceptors (Lipinski definition) is 7. The number of rotatable bonds is 6. The maximum absolute atomic E-state index is 14.0. The summed E-state index contributed by atoms with van der Waals surface area (Å²) in [5.41, 5.74) is -0.0182. The Morgan fingerprint density at radius 2 is 1.64 bits per heavy atom. The molecule has 0 saturated carbocycles. The fraction of sp³-hybridized carbons (Fsp3) is 0.176. The molecule has 8 nitrogen and oxygen atoms in total. The van der Waals surface area contributed by atoms with Crippen molar-refractivity contribution < 1.29 is 32.3 Å². The molecule has 3 amide bonds. The van der Waals surface area contributed by atoms with Crippen LogP contribution < -0.4 is 19.8 Å². The number of carbonyl (C=O) groups is 3. The van der Waals surface area contributed by atoms with Crippen molar-refractivity contribution in [3.63, 3.8) is 0 Å². The molecule has 1 fully saturated rings. The SMILES string of the molecule is COc1ccc([C@H]2c3sc(=O)n(CC(=O)Nc4ccc5ccccc5c4)c3SC3C(=O)N(c4cccc(C(F)(F)F)c4)C(=O)C32)cc1. The van der Waals surface area contributed by atoms with Crippen molar-refractivity contribution in [2.45, 2.75) is 28.9 Å². The molecular weight excluding hydrogens is 652 g/mol. The molecule has 1 saturated heterocycles. The summed E-state index contributed by atoms with van der Waals surface area (Å²) in [7, 11) is 1.50. The summed E-state index contributed by atoms with van der Waals surface area (Å²) in [6.45, 7) is -0.351. The highest BCUT2D eigenvalue weighted by Crippen LogP contribution is 2.54. The molecule has 0 bridgehead atoms. The highest BCUT2D eigenvalue weighted by Gasteiger charge is 2.57. The van der Waals surface area contributed by atoms with Gasteiger partial charge in [-0.3, -0.25) is 23.7 Å². The van der Waals surface area contributed by atoms with Crippen LogP contribution in [0.1, 0.15) is 21.9 Å². The van der Waals surface area contributed by atoms with Crippen LogP contribution in [0, 0.1) is 5.92 Å². The van der Waals surface area contributed by atoms with Gasteiger partial charge in [-0.1, -0.05) is 71.6 Å². The van der Waals surface area contributed by atoms with Gasteiger partial charge in [0.25, 0.3) is 0 Å². The van der Waals surface area contributed by atoms with E-state index in [4.69, 9.17) is 4.74 Å². The topological polar surface area (TPSA) is 97.7 Å². The highest BCUT2D eigenvalue weighted by molar-refractivity contribution is 8.00. The second kappa shape index (κ2) is 11.7. The number of amides is 3. The number of alkyl halides is 3. The van der Waals surface area contributed by atoms with E-state index in [9.17, 15) is 32.3 Å². The third kappa shape index (κ3) is 5.48. The summed E-state index contributed by atoms with van der Waals surface area (Å²) in [5.74, 6) is -3.07. The van der Waals surface area contributed by atoms with E-state index in [0.717, 1.165) is 57.0 Å². The number of benzene rings is 4. The lowest BCUT2D eigenvalue weighted by Crippen LogP contribution is -2.33. The molecule has 7 rings (SSSR count). The first-order valence-electron chi connectivity index (χ1n) is 14.4. The number of thiazole rings is 1. The largest absolute Gasteiger partial charge is 0.497 e. The van der Waals surface area contributed by atoms with E-state index >= 15 is 0 Å². The smallest absolute Gasteiger partial charge is 0.416 e. The number of nitrogens with zero attached hydrogens (tertiary/aromatic N) is 2. The molecule has 2 unspecified atom stereocenters. The van der Waals surface area contributed by atoms with Gasteiger partial charge in [0.05, 0.1) is 29.3 Å². The van der Waals surface area contributed by atoms with Gasteiger partial charge >= 0.3 is 11.0 Å². The molecule has 1 aromatic heterocycles. The van der Waals surface area contributed by atoms with E-state index < -0.39 is 51.4 Å². The Morgan fingerprint density at radius 1 is 0.894 bits per heavy atom. The van der Waals surface area contributed by atoms with Gasteiger partial charge in [-0.25, -0.2) is 4.90 Å². The number of thioether (sulfide) groups is 1. The first-order valence-corrected chi connectivity index (χ1v) is 16.1. The van der Waals surface area contributed by atoms with Gasteiger partial charge in [0.15, 0.2) is 0 Å². The fourth-order valence-corrected chi connectivity index (χ4v) is 8.89. The van der Waals surface area contributed by atoms with Crippen LogP contribution in [-0.2, 0) is 27.1 Å². The third-order valence-corrected chi connectivity index (χ3v) is 10.9. The van der Waals surface area contributed by atoms with Crippen LogP contribution in [0.2, 0.25) is 0 Å². The quantitative estimate of drug-likeness (QED) is 0.206. The van der Waals surface area contributed by atoms with Crippen molar-refractivity contribution in [1.29, 1.82) is 0 Å². The predicted octanol–water partition coefficient (Wildman–Crippen LogP) is 6.52. The van der Waals surface area contributed by atoms with Crippen LogP contribution in [0.15, 0.2) is 101 Å². The molecule has 2 aliphatic rings. The van der Waals surface area contributed by atoms with Gasteiger partial charge < -0.3 is 10.1 Å². The van der Waals surface area contributed by atoms with E-state index in [2.05, 4.69) is 5.32 Å². The van der Waals surface area contributed by atoms with Crippen LogP contribution in [0.5, 0.6) is 5.75 Å². The summed E-state index contributed by atoms with van der Waals surface area (Å²) >= 11 is 1.87. The van der Waals surface area contributed by atoms with Crippen LogP contribution in [0.3, 0.4) is 0 Å². The number of methoxy groups -OCH3 is 1. The summed E-state index contributed by atoms with van der Waals surface area (Å²) in [6, 6.07) is 24.0. The van der Waals surface area contributed by atoms with Crippen LogP contribution in [0.25, 0.3) is 10.8 Å².